The fourth-order valence-electron chi connectivity index (χ4n) is 2.14. The molecule has 2 unspecified atom stereocenters. The van der Waals surface area contributed by atoms with Crippen molar-refractivity contribution in [2.24, 2.45) is 5.41 Å². The van der Waals surface area contributed by atoms with Crippen LogP contribution >= 0.6 is 11.6 Å². The van der Waals surface area contributed by atoms with Gasteiger partial charge >= 0.3 is 0 Å². The van der Waals surface area contributed by atoms with Gasteiger partial charge in [0.05, 0.1) is 12.2 Å². The molecule has 19 heavy (non-hydrogen) atoms. The van der Waals surface area contributed by atoms with E-state index < -0.39 is 11.9 Å². The van der Waals surface area contributed by atoms with Crippen molar-refractivity contribution >= 4 is 11.6 Å². The summed E-state index contributed by atoms with van der Waals surface area (Å²) in [5.41, 5.74) is 0.240. The Morgan fingerprint density at radius 1 is 1.37 bits per heavy atom. The number of aliphatic hydroxyl groups is 1. The van der Waals surface area contributed by atoms with Crippen LogP contribution in [0.4, 0.5) is 4.39 Å². The smallest absolute Gasteiger partial charge is 0.127 e. The first-order chi connectivity index (χ1) is 8.75. The van der Waals surface area contributed by atoms with Crippen LogP contribution in [0.2, 0.25) is 5.02 Å². The first kappa shape index (κ1) is 16.4. The van der Waals surface area contributed by atoms with Gasteiger partial charge in [0.2, 0.25) is 0 Å². The molecule has 0 fully saturated rings. The molecular weight excluding hydrogens is 267 g/mol. The molecule has 0 saturated carbocycles. The predicted octanol–water partition coefficient (Wildman–Crippen LogP) is 3.83. The lowest BCUT2D eigenvalue weighted by molar-refractivity contribution is -0.0875. The fraction of sp³-hybridized carbons (Fsp3) is 0.600. The largest absolute Gasteiger partial charge is 0.390 e. The highest BCUT2D eigenvalue weighted by molar-refractivity contribution is 6.30. The second kappa shape index (κ2) is 6.69. The molecule has 1 aromatic carbocycles. The van der Waals surface area contributed by atoms with Crippen LogP contribution in [0.3, 0.4) is 0 Å². The van der Waals surface area contributed by atoms with Gasteiger partial charge in [-0.1, -0.05) is 38.4 Å². The second-order valence-electron chi connectivity index (χ2n) is 5.75. The Morgan fingerprint density at radius 2 is 2.00 bits per heavy atom. The van der Waals surface area contributed by atoms with Gasteiger partial charge in [-0.15, -0.1) is 0 Å². The Balaban J connectivity index is 2.84. The molecule has 1 rings (SSSR count). The average molecular weight is 289 g/mol. The van der Waals surface area contributed by atoms with Crippen molar-refractivity contribution in [2.45, 2.75) is 46.3 Å². The van der Waals surface area contributed by atoms with E-state index in [1.165, 1.54) is 6.07 Å². The standard InChI is InChI=1S/C15H22ClFO2/c1-5-19-14(15(2,3)4)13(18)8-10-6-7-11(16)9-12(10)17/h6-7,9,13-14,18H,5,8H2,1-4H3. The summed E-state index contributed by atoms with van der Waals surface area (Å²) >= 11 is 5.71. The number of ether oxygens (including phenoxy) is 1. The molecule has 0 aromatic heterocycles. The summed E-state index contributed by atoms with van der Waals surface area (Å²) in [7, 11) is 0. The van der Waals surface area contributed by atoms with Crippen LogP contribution in [0.1, 0.15) is 33.3 Å². The van der Waals surface area contributed by atoms with E-state index in [0.29, 0.717) is 17.2 Å². The lowest BCUT2D eigenvalue weighted by Gasteiger charge is -2.34. The van der Waals surface area contributed by atoms with Crippen molar-refractivity contribution in [1.29, 1.82) is 0 Å². The maximum absolute atomic E-state index is 13.7. The Morgan fingerprint density at radius 3 is 2.47 bits per heavy atom. The SMILES string of the molecule is CCOC(C(O)Cc1ccc(Cl)cc1F)C(C)(C)C. The third kappa shape index (κ3) is 4.75. The lowest BCUT2D eigenvalue weighted by Crippen LogP contribution is -2.41. The van der Waals surface area contributed by atoms with Crippen LogP contribution in [0.15, 0.2) is 18.2 Å². The van der Waals surface area contributed by atoms with Crippen LogP contribution in [0.25, 0.3) is 0 Å². The van der Waals surface area contributed by atoms with Crippen LogP contribution in [0.5, 0.6) is 0 Å². The second-order valence-corrected chi connectivity index (χ2v) is 6.19. The first-order valence-electron chi connectivity index (χ1n) is 6.49. The van der Waals surface area contributed by atoms with Gasteiger partial charge < -0.3 is 9.84 Å². The van der Waals surface area contributed by atoms with E-state index in [1.807, 2.05) is 27.7 Å². The number of hydrogen-bond acceptors (Lipinski definition) is 2. The topological polar surface area (TPSA) is 29.5 Å². The molecule has 4 heteroatoms. The minimum Gasteiger partial charge on any atom is -0.390 e. The Bertz CT molecular complexity index is 415. The van der Waals surface area contributed by atoms with E-state index in [2.05, 4.69) is 0 Å². The van der Waals surface area contributed by atoms with Crippen LogP contribution in [0, 0.1) is 11.2 Å². The number of halogens is 2. The fourth-order valence-corrected chi connectivity index (χ4v) is 2.30. The number of aliphatic hydroxyl groups excluding tert-OH is 1. The molecule has 0 aliphatic carbocycles. The third-order valence-electron chi connectivity index (χ3n) is 2.99. The van der Waals surface area contributed by atoms with Crippen LogP contribution in [-0.2, 0) is 11.2 Å². The Hall–Kier alpha value is -0.640. The van der Waals surface area contributed by atoms with Crippen molar-refractivity contribution in [3.05, 3.63) is 34.6 Å². The van der Waals surface area contributed by atoms with Gasteiger partial charge in [0.15, 0.2) is 0 Å². The maximum Gasteiger partial charge on any atom is 0.127 e. The highest BCUT2D eigenvalue weighted by Gasteiger charge is 2.32. The maximum atomic E-state index is 13.7. The number of hydrogen-bond donors (Lipinski definition) is 1. The molecule has 108 valence electrons. The van der Waals surface area contributed by atoms with Gasteiger partial charge in [0.1, 0.15) is 5.82 Å². The van der Waals surface area contributed by atoms with E-state index in [0.717, 1.165) is 0 Å². The lowest BCUT2D eigenvalue weighted by atomic mass is 9.83. The van der Waals surface area contributed by atoms with Gasteiger partial charge in [-0.3, -0.25) is 0 Å². The first-order valence-corrected chi connectivity index (χ1v) is 6.87. The highest BCUT2D eigenvalue weighted by atomic mass is 35.5. The molecule has 0 saturated heterocycles. The average Bonchev–Trinajstić information content (AvgIpc) is 2.28. The molecule has 2 nitrogen and oxygen atoms in total. The summed E-state index contributed by atoms with van der Waals surface area (Å²) in [6.07, 6.45) is -0.881. The van der Waals surface area contributed by atoms with Gasteiger partial charge in [0, 0.05) is 18.1 Å². The Kier molecular flexibility index (Phi) is 5.78. The zero-order valence-electron chi connectivity index (χ0n) is 11.9. The minimum absolute atomic E-state index is 0.210. The normalized spacial score (nSPS) is 15.3. The van der Waals surface area contributed by atoms with E-state index in [9.17, 15) is 9.50 Å². The minimum atomic E-state index is -0.754. The molecule has 0 amide bonds. The van der Waals surface area contributed by atoms with E-state index in [4.69, 9.17) is 16.3 Å². The van der Waals surface area contributed by atoms with Crippen molar-refractivity contribution in [1.82, 2.24) is 0 Å². The van der Waals surface area contributed by atoms with Crippen molar-refractivity contribution < 1.29 is 14.2 Å². The molecule has 0 bridgehead atoms. The van der Waals surface area contributed by atoms with E-state index in [-0.39, 0.29) is 17.9 Å². The van der Waals surface area contributed by atoms with Gasteiger partial charge in [-0.25, -0.2) is 4.39 Å². The molecule has 0 radical (unpaired) electrons. The molecule has 0 heterocycles. The summed E-state index contributed by atoms with van der Waals surface area (Å²) in [6, 6.07) is 4.49. The van der Waals surface area contributed by atoms with Gasteiger partial charge in [-0.2, -0.15) is 0 Å². The monoisotopic (exact) mass is 288 g/mol. The summed E-state index contributed by atoms with van der Waals surface area (Å²) in [6.45, 7) is 8.38. The van der Waals surface area contributed by atoms with Crippen molar-refractivity contribution in [2.75, 3.05) is 6.61 Å². The molecule has 2 atom stereocenters. The summed E-state index contributed by atoms with van der Waals surface area (Å²) in [5.74, 6) is -0.393. The molecular formula is C15H22ClFO2. The molecule has 0 aliphatic heterocycles. The zero-order valence-corrected chi connectivity index (χ0v) is 12.7. The van der Waals surface area contributed by atoms with E-state index >= 15 is 0 Å². The Labute approximate surface area is 119 Å². The molecule has 0 spiro atoms. The summed E-state index contributed by atoms with van der Waals surface area (Å²) in [5, 5.41) is 10.7. The number of rotatable bonds is 5. The summed E-state index contributed by atoms with van der Waals surface area (Å²) in [4.78, 5) is 0. The zero-order chi connectivity index (χ0) is 14.6. The third-order valence-corrected chi connectivity index (χ3v) is 3.23. The molecule has 1 aromatic rings. The van der Waals surface area contributed by atoms with Crippen LogP contribution in [-0.4, -0.2) is 23.9 Å². The van der Waals surface area contributed by atoms with E-state index in [1.54, 1.807) is 12.1 Å². The summed E-state index contributed by atoms with van der Waals surface area (Å²) < 4.78 is 19.3. The van der Waals surface area contributed by atoms with Crippen molar-refractivity contribution in [3.8, 4) is 0 Å². The highest BCUT2D eigenvalue weighted by Crippen LogP contribution is 2.27. The van der Waals surface area contributed by atoms with Crippen LogP contribution < -0.4 is 0 Å². The number of benzene rings is 1. The van der Waals surface area contributed by atoms with Gasteiger partial charge in [0.25, 0.3) is 0 Å². The quantitative estimate of drug-likeness (QED) is 0.892. The predicted molar refractivity (Wildman–Crippen MR) is 76.0 cm³/mol. The molecule has 0 aliphatic rings. The van der Waals surface area contributed by atoms with Crippen molar-refractivity contribution in [3.63, 3.8) is 0 Å². The van der Waals surface area contributed by atoms with Gasteiger partial charge in [-0.05, 0) is 30.0 Å². The molecule has 1 N–H and O–H groups in total.